The third-order valence-electron chi connectivity index (χ3n) is 4.10. The highest BCUT2D eigenvalue weighted by molar-refractivity contribution is 7.07. The molecule has 0 amide bonds. The molecule has 0 radical (unpaired) electrons. The Hall–Kier alpha value is -1.84. The molecule has 0 bridgehead atoms. The fraction of sp³-hybridized carbons (Fsp3) is 0.250. The van der Waals surface area contributed by atoms with Crippen LogP contribution in [0, 0.1) is 20.8 Å². The largest absolute Gasteiger partial charge is 0.317 e. The molecule has 0 fully saturated rings. The van der Waals surface area contributed by atoms with E-state index in [0.29, 0.717) is 0 Å². The first kappa shape index (κ1) is 17.0. The summed E-state index contributed by atoms with van der Waals surface area (Å²) in [7, 11) is 0. The van der Waals surface area contributed by atoms with Crippen LogP contribution in [-0.2, 0) is 6.54 Å². The Kier molecular flexibility index (Phi) is 4.93. The fourth-order valence-corrected chi connectivity index (χ4v) is 4.13. The highest BCUT2D eigenvalue weighted by Gasteiger charge is 2.08. The van der Waals surface area contributed by atoms with Crippen molar-refractivity contribution in [2.45, 2.75) is 34.2 Å². The van der Waals surface area contributed by atoms with Crippen LogP contribution in [0.4, 0.5) is 5.69 Å². The summed E-state index contributed by atoms with van der Waals surface area (Å²) in [5.41, 5.74) is 7.14. The highest BCUT2D eigenvalue weighted by atomic mass is 35.5. The van der Waals surface area contributed by atoms with E-state index in [1.165, 1.54) is 22.4 Å². The number of aryl methyl sites for hydroxylation is 3. The summed E-state index contributed by atoms with van der Waals surface area (Å²) in [6.07, 6.45) is 0. The topological polar surface area (TPSA) is 17.3 Å². The highest BCUT2D eigenvalue weighted by Crippen LogP contribution is 2.26. The SMILES string of the molecule is CCn1c(-c2ccc(Cl)cc2)csc1=Nc1c(C)cc(C)cc1C. The van der Waals surface area contributed by atoms with Crippen molar-refractivity contribution < 1.29 is 0 Å². The van der Waals surface area contributed by atoms with Crippen molar-refractivity contribution in [3.63, 3.8) is 0 Å². The maximum atomic E-state index is 6.01. The molecule has 124 valence electrons. The van der Waals surface area contributed by atoms with Gasteiger partial charge in [-0.15, -0.1) is 11.3 Å². The first-order chi connectivity index (χ1) is 11.5. The maximum absolute atomic E-state index is 6.01. The lowest BCUT2D eigenvalue weighted by Gasteiger charge is -2.08. The normalized spacial score (nSPS) is 12.0. The number of aromatic nitrogens is 1. The molecule has 0 atom stereocenters. The molecular formula is C20H21ClN2S. The summed E-state index contributed by atoms with van der Waals surface area (Å²) < 4.78 is 2.26. The third-order valence-corrected chi connectivity index (χ3v) is 5.21. The van der Waals surface area contributed by atoms with Crippen LogP contribution in [0.1, 0.15) is 23.6 Å². The van der Waals surface area contributed by atoms with Gasteiger partial charge in [-0.1, -0.05) is 41.4 Å². The predicted octanol–water partition coefficient (Wildman–Crippen LogP) is 6.05. The first-order valence-electron chi connectivity index (χ1n) is 8.06. The molecule has 0 unspecified atom stereocenters. The lowest BCUT2D eigenvalue weighted by molar-refractivity contribution is 0.744. The molecule has 0 N–H and O–H groups in total. The van der Waals surface area contributed by atoms with Crippen LogP contribution >= 0.6 is 22.9 Å². The zero-order chi connectivity index (χ0) is 17.3. The van der Waals surface area contributed by atoms with Crippen molar-refractivity contribution in [2.75, 3.05) is 0 Å². The van der Waals surface area contributed by atoms with Crippen molar-refractivity contribution in [3.05, 3.63) is 68.3 Å². The molecule has 0 saturated heterocycles. The van der Waals surface area contributed by atoms with E-state index in [0.717, 1.165) is 27.6 Å². The Balaban J connectivity index is 2.15. The van der Waals surface area contributed by atoms with Gasteiger partial charge in [0.15, 0.2) is 4.80 Å². The van der Waals surface area contributed by atoms with Crippen molar-refractivity contribution in [1.29, 1.82) is 0 Å². The lowest BCUT2D eigenvalue weighted by Crippen LogP contribution is -2.14. The monoisotopic (exact) mass is 356 g/mol. The van der Waals surface area contributed by atoms with Gasteiger partial charge in [-0.25, -0.2) is 4.99 Å². The van der Waals surface area contributed by atoms with Crippen LogP contribution in [0.2, 0.25) is 5.02 Å². The molecule has 2 aromatic carbocycles. The quantitative estimate of drug-likeness (QED) is 0.543. The van der Waals surface area contributed by atoms with E-state index in [4.69, 9.17) is 16.6 Å². The second kappa shape index (κ2) is 6.96. The lowest BCUT2D eigenvalue weighted by atomic mass is 10.1. The molecule has 0 aliphatic carbocycles. The number of nitrogens with zero attached hydrogens (tertiary/aromatic N) is 2. The summed E-state index contributed by atoms with van der Waals surface area (Å²) in [5.74, 6) is 0. The number of rotatable bonds is 3. The molecule has 0 aliphatic rings. The summed E-state index contributed by atoms with van der Waals surface area (Å²) in [5, 5.41) is 2.93. The zero-order valence-corrected chi connectivity index (χ0v) is 16.0. The van der Waals surface area contributed by atoms with Gasteiger partial charge in [-0.3, -0.25) is 0 Å². The molecule has 1 aromatic heterocycles. The van der Waals surface area contributed by atoms with Gasteiger partial charge in [0.05, 0.1) is 11.4 Å². The minimum absolute atomic E-state index is 0.757. The molecule has 2 nitrogen and oxygen atoms in total. The second-order valence-corrected chi connectivity index (χ2v) is 7.29. The van der Waals surface area contributed by atoms with E-state index < -0.39 is 0 Å². The van der Waals surface area contributed by atoms with Crippen LogP contribution in [0.5, 0.6) is 0 Å². The van der Waals surface area contributed by atoms with Crippen LogP contribution in [-0.4, -0.2) is 4.57 Å². The van der Waals surface area contributed by atoms with Gasteiger partial charge < -0.3 is 4.57 Å². The molecule has 0 spiro atoms. The van der Waals surface area contributed by atoms with E-state index in [2.05, 4.69) is 61.9 Å². The van der Waals surface area contributed by atoms with Gasteiger partial charge in [0.25, 0.3) is 0 Å². The zero-order valence-electron chi connectivity index (χ0n) is 14.4. The minimum atomic E-state index is 0.757. The van der Waals surface area contributed by atoms with Gasteiger partial charge in [-0.2, -0.15) is 0 Å². The predicted molar refractivity (Wildman–Crippen MR) is 104 cm³/mol. The van der Waals surface area contributed by atoms with E-state index in [9.17, 15) is 0 Å². The molecule has 3 rings (SSSR count). The van der Waals surface area contributed by atoms with Gasteiger partial charge in [0, 0.05) is 16.9 Å². The third kappa shape index (κ3) is 3.33. The molecule has 0 saturated carbocycles. The summed E-state index contributed by atoms with van der Waals surface area (Å²) in [6, 6.07) is 12.4. The Bertz CT molecular complexity index is 910. The molecule has 0 aliphatic heterocycles. The van der Waals surface area contributed by atoms with Gasteiger partial charge in [0.2, 0.25) is 0 Å². The van der Waals surface area contributed by atoms with E-state index >= 15 is 0 Å². The Morgan fingerprint density at radius 2 is 1.67 bits per heavy atom. The average molecular weight is 357 g/mol. The summed E-state index contributed by atoms with van der Waals surface area (Å²) >= 11 is 7.69. The van der Waals surface area contributed by atoms with Crippen LogP contribution < -0.4 is 4.80 Å². The average Bonchev–Trinajstić information content (AvgIpc) is 2.94. The molecule has 3 aromatic rings. The molecule has 1 heterocycles. The van der Waals surface area contributed by atoms with Gasteiger partial charge >= 0.3 is 0 Å². The summed E-state index contributed by atoms with van der Waals surface area (Å²) in [4.78, 5) is 6.00. The standard InChI is InChI=1S/C20H21ClN2S/c1-5-23-18(16-6-8-17(21)9-7-16)12-24-20(23)22-19-14(3)10-13(2)11-15(19)4/h6-12H,5H2,1-4H3. The van der Waals surface area contributed by atoms with Gasteiger partial charge in [-0.05, 0) is 56.5 Å². The van der Waals surface area contributed by atoms with E-state index in [-0.39, 0.29) is 0 Å². The van der Waals surface area contributed by atoms with Crippen molar-refractivity contribution in [1.82, 2.24) is 4.57 Å². The number of thiazole rings is 1. The van der Waals surface area contributed by atoms with E-state index in [1.807, 2.05) is 12.1 Å². The Morgan fingerprint density at radius 1 is 1.04 bits per heavy atom. The van der Waals surface area contributed by atoms with Crippen molar-refractivity contribution in [3.8, 4) is 11.3 Å². The number of hydrogen-bond acceptors (Lipinski definition) is 2. The fourth-order valence-electron chi connectivity index (χ4n) is 3.02. The van der Waals surface area contributed by atoms with Crippen LogP contribution in [0.15, 0.2) is 46.8 Å². The number of hydrogen-bond donors (Lipinski definition) is 0. The van der Waals surface area contributed by atoms with E-state index in [1.54, 1.807) is 11.3 Å². The van der Waals surface area contributed by atoms with Gasteiger partial charge in [0.1, 0.15) is 0 Å². The van der Waals surface area contributed by atoms with Crippen LogP contribution in [0.3, 0.4) is 0 Å². The first-order valence-corrected chi connectivity index (χ1v) is 9.32. The summed E-state index contributed by atoms with van der Waals surface area (Å²) in [6.45, 7) is 9.41. The molecular weight excluding hydrogens is 336 g/mol. The molecule has 4 heteroatoms. The number of benzene rings is 2. The Morgan fingerprint density at radius 3 is 2.25 bits per heavy atom. The minimum Gasteiger partial charge on any atom is -0.317 e. The van der Waals surface area contributed by atoms with Crippen molar-refractivity contribution in [2.24, 2.45) is 4.99 Å². The maximum Gasteiger partial charge on any atom is 0.190 e. The molecule has 24 heavy (non-hydrogen) atoms. The Labute approximate surface area is 152 Å². The number of halogens is 1. The second-order valence-electron chi connectivity index (χ2n) is 6.01. The smallest absolute Gasteiger partial charge is 0.190 e. The van der Waals surface area contributed by atoms with Crippen molar-refractivity contribution >= 4 is 28.6 Å². The van der Waals surface area contributed by atoms with Crippen LogP contribution in [0.25, 0.3) is 11.3 Å².